The first-order valence-corrected chi connectivity index (χ1v) is 13.1. The first-order valence-electron chi connectivity index (χ1n) is 13.1. The normalized spacial score (nSPS) is 15.2. The van der Waals surface area contributed by atoms with Crippen LogP contribution in [0.3, 0.4) is 0 Å². The van der Waals surface area contributed by atoms with Crippen molar-refractivity contribution in [2.24, 2.45) is 5.92 Å². The van der Waals surface area contributed by atoms with Gasteiger partial charge in [0.2, 0.25) is 0 Å². The molecular weight excluding hydrogens is 552 g/mol. The second-order valence-electron chi connectivity index (χ2n) is 10.1. The summed E-state index contributed by atoms with van der Waals surface area (Å²) in [5.41, 5.74) is 0.476. The van der Waals surface area contributed by atoms with Crippen molar-refractivity contribution in [1.82, 2.24) is 15.1 Å². The maximum absolute atomic E-state index is 12.8. The molecule has 3 rings (SSSR count). The topological polar surface area (TPSA) is 61.9 Å². The molecule has 2 amide bonds. The highest BCUT2D eigenvalue weighted by atomic mass is 19.4. The first-order chi connectivity index (χ1) is 19.2. The van der Waals surface area contributed by atoms with E-state index in [2.05, 4.69) is 16.6 Å². The molecule has 0 atom stereocenters. The smallest absolute Gasteiger partial charge is 0.380 e. The van der Waals surface area contributed by atoms with Gasteiger partial charge in [0.25, 0.3) is 11.8 Å². The minimum Gasteiger partial charge on any atom is -0.380 e. The lowest BCUT2D eigenvalue weighted by Crippen LogP contribution is -2.41. The van der Waals surface area contributed by atoms with Gasteiger partial charge in [-0.3, -0.25) is 9.59 Å². The number of hydrogen-bond donors (Lipinski definition) is 1. The van der Waals surface area contributed by atoms with Crippen molar-refractivity contribution in [2.75, 3.05) is 46.4 Å². The Morgan fingerprint density at radius 3 is 2.29 bits per heavy atom. The number of nitrogens with one attached hydrogen (secondary N) is 1. The average molecular weight is 586 g/mol. The highest BCUT2D eigenvalue weighted by Gasteiger charge is 2.31. The van der Waals surface area contributed by atoms with E-state index in [1.807, 2.05) is 18.1 Å². The lowest BCUT2D eigenvalue weighted by molar-refractivity contribution is -0.173. The third-order valence-electron chi connectivity index (χ3n) is 6.90. The van der Waals surface area contributed by atoms with Crippen molar-refractivity contribution < 1.29 is 40.7 Å². The van der Waals surface area contributed by atoms with E-state index in [1.165, 1.54) is 12.1 Å². The van der Waals surface area contributed by atoms with Gasteiger partial charge < -0.3 is 19.9 Å². The molecule has 12 heteroatoms. The van der Waals surface area contributed by atoms with Crippen LogP contribution in [-0.4, -0.2) is 74.2 Å². The molecule has 0 aliphatic carbocycles. The third kappa shape index (κ3) is 9.24. The molecule has 1 aliphatic rings. The van der Waals surface area contributed by atoms with Crippen LogP contribution in [0.5, 0.6) is 0 Å². The van der Waals surface area contributed by atoms with Gasteiger partial charge in [-0.1, -0.05) is 12.6 Å². The van der Waals surface area contributed by atoms with Crippen LogP contribution in [0.15, 0.2) is 36.4 Å². The monoisotopic (exact) mass is 585 g/mol. The number of hydrogen-bond acceptors (Lipinski definition) is 4. The molecule has 41 heavy (non-hydrogen) atoms. The molecule has 1 aliphatic heterocycles. The van der Waals surface area contributed by atoms with Crippen LogP contribution in [0.1, 0.15) is 44.7 Å². The van der Waals surface area contributed by atoms with E-state index in [1.54, 1.807) is 24.0 Å². The average Bonchev–Trinajstić information content (AvgIpc) is 2.89. The van der Waals surface area contributed by atoms with E-state index >= 15 is 0 Å². The van der Waals surface area contributed by atoms with Crippen LogP contribution in [0.2, 0.25) is 0 Å². The number of carbonyl (C=O) groups is 2. The van der Waals surface area contributed by atoms with Crippen LogP contribution in [-0.2, 0) is 10.9 Å². The van der Waals surface area contributed by atoms with E-state index in [-0.39, 0.29) is 30.5 Å². The molecule has 0 radical (unpaired) electrons. The van der Waals surface area contributed by atoms with Crippen LogP contribution in [0.4, 0.5) is 26.3 Å². The summed E-state index contributed by atoms with van der Waals surface area (Å²) in [5.74, 6) is -0.457. The zero-order valence-electron chi connectivity index (χ0n) is 22.9. The zero-order chi connectivity index (χ0) is 30.4. The van der Waals surface area contributed by atoms with Crippen molar-refractivity contribution in [3.8, 4) is 0 Å². The lowest BCUT2D eigenvalue weighted by Gasteiger charge is -2.33. The van der Waals surface area contributed by atoms with E-state index in [0.29, 0.717) is 36.0 Å². The van der Waals surface area contributed by atoms with Gasteiger partial charge in [-0.2, -0.15) is 26.3 Å². The molecule has 0 saturated carbocycles. The highest BCUT2D eigenvalue weighted by molar-refractivity contribution is 5.95. The Labute approximate surface area is 234 Å². The summed E-state index contributed by atoms with van der Waals surface area (Å²) in [6, 6.07) is 7.55. The fraction of sp³-hybridized carbons (Fsp3) is 0.448. The predicted molar refractivity (Wildman–Crippen MR) is 142 cm³/mol. The SMILES string of the molecule is C=c1ccc(C(=O)NCCOCC(F)(F)F)c(C)/c1=C/N(C)CC1CCN(C(=O)c2ccc(C(F)(F)F)cc2)CC1. The molecule has 1 saturated heterocycles. The van der Waals surface area contributed by atoms with E-state index in [0.717, 1.165) is 30.2 Å². The summed E-state index contributed by atoms with van der Waals surface area (Å²) in [4.78, 5) is 29.0. The minimum absolute atomic E-state index is 0.0699. The lowest BCUT2D eigenvalue weighted by atomic mass is 9.95. The number of amides is 2. The summed E-state index contributed by atoms with van der Waals surface area (Å²) in [6.07, 6.45) is -5.55. The van der Waals surface area contributed by atoms with Gasteiger partial charge in [0.1, 0.15) is 6.61 Å². The summed E-state index contributed by atoms with van der Waals surface area (Å²) < 4.78 is 79.5. The van der Waals surface area contributed by atoms with Crippen molar-refractivity contribution in [1.29, 1.82) is 0 Å². The Hall–Kier alpha value is -3.54. The number of piperidine rings is 1. The van der Waals surface area contributed by atoms with E-state index in [9.17, 15) is 35.9 Å². The first kappa shape index (κ1) is 32.0. The second kappa shape index (κ2) is 13.4. The number of ether oxygens (including phenoxy) is 1. The van der Waals surface area contributed by atoms with Gasteiger partial charge in [0, 0.05) is 55.8 Å². The summed E-state index contributed by atoms with van der Waals surface area (Å²) in [7, 11) is 1.89. The van der Waals surface area contributed by atoms with Gasteiger partial charge >= 0.3 is 12.4 Å². The third-order valence-corrected chi connectivity index (χ3v) is 6.90. The van der Waals surface area contributed by atoms with Crippen LogP contribution >= 0.6 is 0 Å². The molecule has 0 bridgehead atoms. The van der Waals surface area contributed by atoms with Gasteiger partial charge in [0.05, 0.1) is 12.2 Å². The Bertz CT molecular complexity index is 1320. The number of nitrogens with zero attached hydrogens (tertiary/aromatic N) is 2. The fourth-order valence-electron chi connectivity index (χ4n) is 4.71. The molecule has 1 fully saturated rings. The van der Waals surface area contributed by atoms with Gasteiger partial charge in [-0.05, 0) is 66.8 Å². The van der Waals surface area contributed by atoms with E-state index in [4.69, 9.17) is 0 Å². The zero-order valence-corrected chi connectivity index (χ0v) is 22.9. The Morgan fingerprint density at radius 2 is 1.71 bits per heavy atom. The predicted octanol–water partition coefficient (Wildman–Crippen LogP) is 3.96. The molecule has 6 nitrogen and oxygen atoms in total. The quantitative estimate of drug-likeness (QED) is 0.358. The van der Waals surface area contributed by atoms with Crippen LogP contribution in [0, 0.1) is 12.8 Å². The number of alkyl halides is 6. The van der Waals surface area contributed by atoms with Gasteiger partial charge in [0.15, 0.2) is 0 Å². The van der Waals surface area contributed by atoms with Gasteiger partial charge in [-0.15, -0.1) is 0 Å². The Balaban J connectivity index is 1.56. The van der Waals surface area contributed by atoms with Crippen LogP contribution < -0.4 is 15.8 Å². The molecule has 1 heterocycles. The molecule has 224 valence electrons. The molecular formula is C29H33F6N3O3. The highest BCUT2D eigenvalue weighted by Crippen LogP contribution is 2.29. The number of benzene rings is 2. The molecule has 0 unspecified atom stereocenters. The molecule has 0 aromatic heterocycles. The standard InChI is InChI=1S/C29H33F6N3O3/c1-19-4-9-24(26(39)36-12-15-41-18-28(30,31)32)20(2)25(19)17-37(3)16-21-10-13-38(14-11-21)27(40)22-5-7-23(8-6-22)29(33,34)35/h4-9,17,21H,1,10-16,18H2,2-3H3,(H,36,39)/b25-17+. The Morgan fingerprint density at radius 1 is 1.07 bits per heavy atom. The largest absolute Gasteiger partial charge is 0.416 e. The maximum atomic E-state index is 12.8. The summed E-state index contributed by atoms with van der Waals surface area (Å²) in [6.45, 7) is 5.75. The van der Waals surface area contributed by atoms with Gasteiger partial charge in [-0.25, -0.2) is 0 Å². The number of halogens is 6. The summed E-state index contributed by atoms with van der Waals surface area (Å²) >= 11 is 0. The van der Waals surface area contributed by atoms with E-state index < -0.39 is 30.4 Å². The molecule has 0 spiro atoms. The van der Waals surface area contributed by atoms with Crippen molar-refractivity contribution >= 4 is 24.6 Å². The maximum Gasteiger partial charge on any atom is 0.416 e. The molecule has 2 aromatic carbocycles. The van der Waals surface area contributed by atoms with Crippen molar-refractivity contribution in [3.63, 3.8) is 0 Å². The fourth-order valence-corrected chi connectivity index (χ4v) is 4.71. The van der Waals surface area contributed by atoms with Crippen molar-refractivity contribution in [2.45, 2.75) is 32.1 Å². The summed E-state index contributed by atoms with van der Waals surface area (Å²) in [5, 5.41) is 4.02. The number of rotatable bonds is 9. The number of carbonyl (C=O) groups excluding carboxylic acids is 2. The molecule has 1 N–H and O–H groups in total. The van der Waals surface area contributed by atoms with Crippen LogP contribution in [0.25, 0.3) is 12.8 Å². The second-order valence-corrected chi connectivity index (χ2v) is 10.1. The Kier molecular flexibility index (Phi) is 10.5. The number of likely N-dealkylation sites (tertiary alicyclic amines) is 1. The molecule has 2 aromatic rings. The van der Waals surface area contributed by atoms with Crippen molar-refractivity contribution in [3.05, 3.63) is 69.1 Å². The minimum atomic E-state index is -4.46.